The van der Waals surface area contributed by atoms with Crippen molar-refractivity contribution >= 4 is 0 Å². The predicted molar refractivity (Wildman–Crippen MR) is 82.6 cm³/mol. The summed E-state index contributed by atoms with van der Waals surface area (Å²) < 4.78 is 5.95. The Hall–Kier alpha value is -1.94. The van der Waals surface area contributed by atoms with Gasteiger partial charge in [-0.2, -0.15) is 0 Å². The maximum Gasteiger partial charge on any atom is 0.227 e. The van der Waals surface area contributed by atoms with E-state index in [1.165, 1.54) is 18.4 Å². The van der Waals surface area contributed by atoms with Crippen LogP contribution in [-0.4, -0.2) is 16.5 Å². The fourth-order valence-electron chi connectivity index (χ4n) is 2.55. The summed E-state index contributed by atoms with van der Waals surface area (Å²) >= 11 is 0. The highest BCUT2D eigenvalue weighted by molar-refractivity contribution is 5.36. The highest BCUT2D eigenvalue weighted by atomic mass is 16.5. The number of unbranched alkanes of at least 4 members (excludes halogenated alkanes) is 1. The molecule has 1 N–H and O–H groups in total. The first-order valence-corrected chi connectivity index (χ1v) is 7.67. The van der Waals surface area contributed by atoms with Gasteiger partial charge in [-0.05, 0) is 30.5 Å². The van der Waals surface area contributed by atoms with E-state index < -0.39 is 0 Å². The molecule has 0 saturated carbocycles. The maximum atomic E-state index is 5.95. The number of aromatic nitrogens is 2. The Labute approximate surface area is 125 Å². The van der Waals surface area contributed by atoms with Crippen LogP contribution in [0.15, 0.2) is 30.6 Å². The van der Waals surface area contributed by atoms with Crippen molar-refractivity contribution in [2.24, 2.45) is 0 Å². The van der Waals surface area contributed by atoms with E-state index in [-0.39, 0.29) is 0 Å². The average molecular weight is 283 g/mol. The zero-order valence-corrected chi connectivity index (χ0v) is 12.4. The van der Waals surface area contributed by atoms with E-state index >= 15 is 0 Å². The summed E-state index contributed by atoms with van der Waals surface area (Å²) in [5, 5.41) is 3.34. The molecule has 110 valence electrons. The molecular formula is C17H21N3O. The van der Waals surface area contributed by atoms with Crippen molar-refractivity contribution in [1.82, 2.24) is 15.3 Å². The molecule has 2 heterocycles. The third-order valence-electron chi connectivity index (χ3n) is 3.79. The van der Waals surface area contributed by atoms with Gasteiger partial charge in [0.25, 0.3) is 0 Å². The van der Waals surface area contributed by atoms with Gasteiger partial charge < -0.3 is 10.1 Å². The molecule has 0 unspecified atom stereocenters. The van der Waals surface area contributed by atoms with Crippen LogP contribution >= 0.6 is 0 Å². The first kappa shape index (κ1) is 14.0. The molecule has 0 bridgehead atoms. The minimum atomic E-state index is 0.675. The van der Waals surface area contributed by atoms with Crippen molar-refractivity contribution in [3.63, 3.8) is 0 Å². The molecule has 0 aliphatic carbocycles. The second kappa shape index (κ2) is 6.68. The van der Waals surface area contributed by atoms with E-state index in [1.807, 2.05) is 12.1 Å². The summed E-state index contributed by atoms with van der Waals surface area (Å²) in [6.45, 7) is 3.96. The first-order chi connectivity index (χ1) is 10.4. The highest BCUT2D eigenvalue weighted by Gasteiger charge is 2.16. The number of aryl methyl sites for hydroxylation is 1. The van der Waals surface area contributed by atoms with Crippen molar-refractivity contribution in [3.8, 4) is 11.6 Å². The molecule has 0 saturated heterocycles. The zero-order chi connectivity index (χ0) is 14.5. The Morgan fingerprint density at radius 1 is 1.19 bits per heavy atom. The van der Waals surface area contributed by atoms with Crippen molar-refractivity contribution < 1.29 is 4.74 Å². The Morgan fingerprint density at radius 2 is 2.05 bits per heavy atom. The van der Waals surface area contributed by atoms with Gasteiger partial charge in [-0.3, -0.25) is 0 Å². The third-order valence-corrected chi connectivity index (χ3v) is 3.79. The Bertz CT molecular complexity index is 595. The fraction of sp³-hybridized carbons (Fsp3) is 0.412. The highest BCUT2D eigenvalue weighted by Crippen LogP contribution is 2.26. The molecule has 1 aromatic heterocycles. The van der Waals surface area contributed by atoms with E-state index in [2.05, 4.69) is 34.3 Å². The van der Waals surface area contributed by atoms with Crippen LogP contribution in [0, 0.1) is 0 Å². The minimum Gasteiger partial charge on any atom is -0.439 e. The van der Waals surface area contributed by atoms with E-state index in [9.17, 15) is 0 Å². The van der Waals surface area contributed by atoms with Crippen LogP contribution in [0.25, 0.3) is 0 Å². The number of nitrogens with one attached hydrogen (secondary N) is 1. The summed E-state index contributed by atoms with van der Waals surface area (Å²) in [4.78, 5) is 8.62. The lowest BCUT2D eigenvalue weighted by Gasteiger charge is -2.18. The van der Waals surface area contributed by atoms with E-state index in [4.69, 9.17) is 4.74 Å². The summed E-state index contributed by atoms with van der Waals surface area (Å²) in [5.74, 6) is 1.51. The molecule has 1 aliphatic heterocycles. The second-order valence-corrected chi connectivity index (χ2v) is 5.38. The molecule has 0 atom stereocenters. The van der Waals surface area contributed by atoms with Crippen molar-refractivity contribution in [2.75, 3.05) is 6.54 Å². The number of rotatable bonds is 5. The summed E-state index contributed by atoms with van der Waals surface area (Å²) in [6, 6.07) is 8.32. The van der Waals surface area contributed by atoms with Crippen molar-refractivity contribution in [1.29, 1.82) is 0 Å². The summed E-state index contributed by atoms with van der Waals surface area (Å²) in [6.07, 6.45) is 6.10. The van der Waals surface area contributed by atoms with Gasteiger partial charge in [-0.25, -0.2) is 9.97 Å². The molecule has 1 aromatic carbocycles. The van der Waals surface area contributed by atoms with Crippen LogP contribution in [0.1, 0.15) is 36.6 Å². The number of fused-ring (bicyclic) bond motifs is 1. The quantitative estimate of drug-likeness (QED) is 0.915. The molecule has 3 rings (SSSR count). The standard InChI is InChI=1S/C17H21N3O/c1-2-3-4-13-5-7-14(8-6-13)21-17-15-11-18-10-9-16(15)19-12-20-17/h5-8,12,18H,2-4,9-11H2,1H3. The van der Waals surface area contributed by atoms with Gasteiger partial charge in [0, 0.05) is 19.5 Å². The number of hydrogen-bond acceptors (Lipinski definition) is 4. The molecule has 1 aliphatic rings. The smallest absolute Gasteiger partial charge is 0.227 e. The SMILES string of the molecule is CCCCc1ccc(Oc2ncnc3c2CNCC3)cc1. The van der Waals surface area contributed by atoms with Crippen molar-refractivity contribution in [2.45, 2.75) is 39.2 Å². The van der Waals surface area contributed by atoms with Gasteiger partial charge in [-0.15, -0.1) is 0 Å². The lowest BCUT2D eigenvalue weighted by molar-refractivity contribution is 0.444. The van der Waals surface area contributed by atoms with E-state index in [0.717, 1.165) is 42.9 Å². The number of ether oxygens (including phenoxy) is 1. The van der Waals surface area contributed by atoms with Gasteiger partial charge in [0.2, 0.25) is 5.88 Å². The predicted octanol–water partition coefficient (Wildman–Crippen LogP) is 3.26. The van der Waals surface area contributed by atoms with Crippen molar-refractivity contribution in [3.05, 3.63) is 47.4 Å². The molecule has 4 heteroatoms. The van der Waals surface area contributed by atoms with Gasteiger partial charge in [0.05, 0.1) is 11.3 Å². The molecule has 2 aromatic rings. The maximum absolute atomic E-state index is 5.95. The van der Waals surface area contributed by atoms with Gasteiger partial charge in [0.1, 0.15) is 12.1 Å². The minimum absolute atomic E-state index is 0.675. The molecule has 0 radical (unpaired) electrons. The lowest BCUT2D eigenvalue weighted by atomic mass is 10.1. The largest absolute Gasteiger partial charge is 0.439 e. The average Bonchev–Trinajstić information content (AvgIpc) is 2.55. The Kier molecular flexibility index (Phi) is 4.46. The fourth-order valence-corrected chi connectivity index (χ4v) is 2.55. The van der Waals surface area contributed by atoms with E-state index in [1.54, 1.807) is 6.33 Å². The van der Waals surface area contributed by atoms with Crippen LogP contribution < -0.4 is 10.1 Å². The van der Waals surface area contributed by atoms with Crippen LogP contribution in [-0.2, 0) is 19.4 Å². The van der Waals surface area contributed by atoms with E-state index in [0.29, 0.717) is 5.88 Å². The first-order valence-electron chi connectivity index (χ1n) is 7.67. The normalized spacial score (nSPS) is 13.8. The van der Waals surface area contributed by atoms with Gasteiger partial charge >= 0.3 is 0 Å². The third kappa shape index (κ3) is 3.39. The Morgan fingerprint density at radius 3 is 2.86 bits per heavy atom. The van der Waals surface area contributed by atoms with Gasteiger partial charge in [0.15, 0.2) is 0 Å². The molecule has 21 heavy (non-hydrogen) atoms. The molecule has 0 spiro atoms. The van der Waals surface area contributed by atoms with Crippen LogP contribution in [0.2, 0.25) is 0 Å². The van der Waals surface area contributed by atoms with Crippen LogP contribution in [0.5, 0.6) is 11.6 Å². The molecule has 4 nitrogen and oxygen atoms in total. The van der Waals surface area contributed by atoms with Crippen LogP contribution in [0.3, 0.4) is 0 Å². The van der Waals surface area contributed by atoms with Gasteiger partial charge in [-0.1, -0.05) is 25.5 Å². The molecular weight excluding hydrogens is 262 g/mol. The summed E-state index contributed by atoms with van der Waals surface area (Å²) in [5.41, 5.74) is 3.53. The zero-order valence-electron chi connectivity index (χ0n) is 12.4. The topological polar surface area (TPSA) is 47.0 Å². The monoisotopic (exact) mass is 283 g/mol. The number of nitrogens with zero attached hydrogens (tertiary/aromatic N) is 2. The number of hydrogen-bond donors (Lipinski definition) is 1. The second-order valence-electron chi connectivity index (χ2n) is 5.38. The van der Waals surface area contributed by atoms with Crippen LogP contribution in [0.4, 0.5) is 0 Å². The number of benzene rings is 1. The Balaban J connectivity index is 1.74. The summed E-state index contributed by atoms with van der Waals surface area (Å²) in [7, 11) is 0. The lowest BCUT2D eigenvalue weighted by Crippen LogP contribution is -2.25. The molecule has 0 amide bonds. The molecule has 0 fully saturated rings.